The van der Waals surface area contributed by atoms with Crippen LogP contribution in [0.3, 0.4) is 0 Å². The Labute approximate surface area is 201 Å². The van der Waals surface area contributed by atoms with Crippen LogP contribution in [-0.4, -0.2) is 54.8 Å². The van der Waals surface area contributed by atoms with Crippen molar-refractivity contribution in [2.75, 3.05) is 6.54 Å². The Morgan fingerprint density at radius 3 is 2.53 bits per heavy atom. The van der Waals surface area contributed by atoms with Gasteiger partial charge in [0, 0.05) is 30.8 Å². The van der Waals surface area contributed by atoms with Gasteiger partial charge in [-0.15, -0.1) is 0 Å². The maximum atomic E-state index is 13.8. The average molecular weight is 466 g/mol. The Kier molecular flexibility index (Phi) is 6.04. The SMILES string of the molecule is C=C(C)c1ccc(C(C)N2C[C@@H](C)n3nc4c(c3C2=O)CN(C(=O)OC(C)(C)C)[C@H](C)C4)cn1. The number of aromatic nitrogens is 3. The standard InChI is InChI=1S/C26H35N5O3/c1-15(2)21-10-9-19(12-27-21)18(5)30-13-17(4)31-23(24(30)32)20-14-29(16(3)11-22(20)28-31)25(33)34-26(6,7)8/h9-10,12,16-18H,1,11,13-14H2,2-8H3/t16-,17-,18?/m1/s1. The summed E-state index contributed by atoms with van der Waals surface area (Å²) in [5.41, 5.74) is 4.43. The lowest BCUT2D eigenvalue weighted by molar-refractivity contribution is 0.0135. The molecule has 0 saturated carbocycles. The molecule has 0 radical (unpaired) electrons. The van der Waals surface area contributed by atoms with Crippen LogP contribution in [0.25, 0.3) is 5.57 Å². The Morgan fingerprint density at radius 1 is 1.24 bits per heavy atom. The van der Waals surface area contributed by atoms with E-state index in [0.29, 0.717) is 25.2 Å². The summed E-state index contributed by atoms with van der Waals surface area (Å²) >= 11 is 0. The molecule has 2 aliphatic heterocycles. The van der Waals surface area contributed by atoms with Crippen LogP contribution < -0.4 is 0 Å². The van der Waals surface area contributed by atoms with E-state index < -0.39 is 5.60 Å². The predicted molar refractivity (Wildman–Crippen MR) is 130 cm³/mol. The van der Waals surface area contributed by atoms with Crippen molar-refractivity contribution < 1.29 is 14.3 Å². The van der Waals surface area contributed by atoms with Gasteiger partial charge in [-0.1, -0.05) is 12.6 Å². The van der Waals surface area contributed by atoms with Crippen molar-refractivity contribution in [2.24, 2.45) is 0 Å². The molecule has 1 unspecified atom stereocenters. The Morgan fingerprint density at radius 2 is 1.94 bits per heavy atom. The third-order valence-corrected chi connectivity index (χ3v) is 6.58. The lowest BCUT2D eigenvalue weighted by atomic mass is 9.98. The second-order valence-corrected chi connectivity index (χ2v) is 10.6. The summed E-state index contributed by atoms with van der Waals surface area (Å²) in [5.74, 6) is -0.0676. The molecule has 0 saturated heterocycles. The van der Waals surface area contributed by atoms with Gasteiger partial charge in [-0.05, 0) is 65.7 Å². The number of allylic oxidation sites excluding steroid dienone is 1. The van der Waals surface area contributed by atoms with Crippen molar-refractivity contribution in [2.45, 2.75) is 85.2 Å². The van der Waals surface area contributed by atoms with E-state index in [9.17, 15) is 9.59 Å². The van der Waals surface area contributed by atoms with E-state index in [-0.39, 0.29) is 30.1 Å². The van der Waals surface area contributed by atoms with Crippen LogP contribution >= 0.6 is 0 Å². The largest absolute Gasteiger partial charge is 0.444 e. The van der Waals surface area contributed by atoms with Gasteiger partial charge >= 0.3 is 6.09 Å². The van der Waals surface area contributed by atoms with E-state index >= 15 is 0 Å². The number of carbonyl (C=O) groups is 2. The summed E-state index contributed by atoms with van der Waals surface area (Å²) in [6.07, 6.45) is 2.05. The minimum atomic E-state index is -0.584. The number of hydrogen-bond donors (Lipinski definition) is 0. The molecular weight excluding hydrogens is 430 g/mol. The number of nitrogens with zero attached hydrogens (tertiary/aromatic N) is 5. The molecule has 8 nitrogen and oxygen atoms in total. The van der Waals surface area contributed by atoms with Crippen molar-refractivity contribution >= 4 is 17.6 Å². The van der Waals surface area contributed by atoms with E-state index in [1.807, 2.05) is 69.5 Å². The normalized spacial score (nSPS) is 21.1. The van der Waals surface area contributed by atoms with Crippen LogP contribution in [0.2, 0.25) is 0 Å². The molecule has 0 spiro atoms. The molecule has 182 valence electrons. The number of rotatable bonds is 3. The first-order chi connectivity index (χ1) is 15.9. The molecule has 4 rings (SSSR count). The third-order valence-electron chi connectivity index (χ3n) is 6.58. The molecule has 8 heteroatoms. The fourth-order valence-corrected chi connectivity index (χ4v) is 4.67. The molecular formula is C26H35N5O3. The maximum absolute atomic E-state index is 13.8. The molecule has 2 aromatic heterocycles. The van der Waals surface area contributed by atoms with Crippen LogP contribution in [0, 0.1) is 0 Å². The minimum Gasteiger partial charge on any atom is -0.444 e. The Bertz CT molecular complexity index is 1130. The molecule has 4 heterocycles. The second kappa shape index (κ2) is 8.56. The Balaban J connectivity index is 1.64. The summed E-state index contributed by atoms with van der Waals surface area (Å²) in [6.45, 7) is 18.4. The van der Waals surface area contributed by atoms with E-state index in [0.717, 1.165) is 28.1 Å². The zero-order chi connectivity index (χ0) is 24.9. The topological polar surface area (TPSA) is 80.6 Å². The van der Waals surface area contributed by atoms with Gasteiger partial charge in [-0.3, -0.25) is 14.5 Å². The quantitative estimate of drug-likeness (QED) is 0.652. The van der Waals surface area contributed by atoms with Crippen LogP contribution in [0.1, 0.15) is 93.6 Å². The van der Waals surface area contributed by atoms with E-state index in [2.05, 4.69) is 18.5 Å². The first kappa shape index (κ1) is 24.0. The van der Waals surface area contributed by atoms with Crippen molar-refractivity contribution in [3.8, 4) is 0 Å². The van der Waals surface area contributed by atoms with Crippen LogP contribution in [0.15, 0.2) is 24.9 Å². The highest BCUT2D eigenvalue weighted by Crippen LogP contribution is 2.35. The molecule has 0 bridgehead atoms. The van der Waals surface area contributed by atoms with Gasteiger partial charge in [-0.25, -0.2) is 4.79 Å². The number of hydrogen-bond acceptors (Lipinski definition) is 5. The van der Waals surface area contributed by atoms with Gasteiger partial charge in [0.15, 0.2) is 0 Å². The summed E-state index contributed by atoms with van der Waals surface area (Å²) in [7, 11) is 0. The van der Waals surface area contributed by atoms with Gasteiger partial charge in [0.25, 0.3) is 5.91 Å². The first-order valence-electron chi connectivity index (χ1n) is 11.9. The summed E-state index contributed by atoms with van der Waals surface area (Å²) in [4.78, 5) is 34.7. The van der Waals surface area contributed by atoms with Crippen LogP contribution in [0.4, 0.5) is 4.79 Å². The van der Waals surface area contributed by atoms with Gasteiger partial charge in [0.1, 0.15) is 11.3 Å². The van der Waals surface area contributed by atoms with Gasteiger partial charge in [-0.2, -0.15) is 5.10 Å². The van der Waals surface area contributed by atoms with Gasteiger partial charge in [0.05, 0.1) is 30.0 Å². The smallest absolute Gasteiger partial charge is 0.410 e. The van der Waals surface area contributed by atoms with Crippen molar-refractivity contribution in [3.05, 3.63) is 53.1 Å². The second-order valence-electron chi connectivity index (χ2n) is 10.6. The van der Waals surface area contributed by atoms with Gasteiger partial charge < -0.3 is 14.5 Å². The highest BCUT2D eigenvalue weighted by Gasteiger charge is 2.41. The number of pyridine rings is 1. The predicted octanol–water partition coefficient (Wildman–Crippen LogP) is 4.77. The van der Waals surface area contributed by atoms with Crippen molar-refractivity contribution in [1.29, 1.82) is 0 Å². The summed E-state index contributed by atoms with van der Waals surface area (Å²) in [5, 5.41) is 4.81. The molecule has 2 aromatic rings. The number of amides is 2. The van der Waals surface area contributed by atoms with Gasteiger partial charge in [0.2, 0.25) is 0 Å². The fraction of sp³-hybridized carbons (Fsp3) is 0.538. The molecule has 2 amide bonds. The highest BCUT2D eigenvalue weighted by atomic mass is 16.6. The zero-order valence-corrected chi connectivity index (χ0v) is 21.3. The number of ether oxygens (including phenoxy) is 1. The van der Waals surface area contributed by atoms with E-state index in [1.165, 1.54) is 0 Å². The number of carbonyl (C=O) groups excluding carboxylic acids is 2. The van der Waals surface area contributed by atoms with Crippen LogP contribution in [0.5, 0.6) is 0 Å². The van der Waals surface area contributed by atoms with E-state index in [4.69, 9.17) is 9.84 Å². The molecule has 34 heavy (non-hydrogen) atoms. The molecule has 2 aliphatic rings. The Hall–Kier alpha value is -3.16. The molecule has 3 atom stereocenters. The zero-order valence-electron chi connectivity index (χ0n) is 21.3. The molecule has 0 fully saturated rings. The van der Waals surface area contributed by atoms with Crippen LogP contribution in [-0.2, 0) is 17.7 Å². The molecule has 0 aromatic carbocycles. The fourth-order valence-electron chi connectivity index (χ4n) is 4.67. The highest BCUT2D eigenvalue weighted by molar-refractivity contribution is 5.95. The minimum absolute atomic E-state index is 0.0219. The number of fused-ring (bicyclic) bond motifs is 3. The van der Waals surface area contributed by atoms with Crippen molar-refractivity contribution in [1.82, 2.24) is 24.6 Å². The summed E-state index contributed by atoms with van der Waals surface area (Å²) in [6, 6.07) is 3.77. The van der Waals surface area contributed by atoms with E-state index in [1.54, 1.807) is 4.90 Å². The third kappa shape index (κ3) is 4.33. The lowest BCUT2D eigenvalue weighted by Crippen LogP contribution is -2.46. The summed E-state index contributed by atoms with van der Waals surface area (Å²) < 4.78 is 7.48. The average Bonchev–Trinajstić information content (AvgIpc) is 3.13. The maximum Gasteiger partial charge on any atom is 0.410 e. The first-order valence-corrected chi connectivity index (χ1v) is 11.9. The monoisotopic (exact) mass is 465 g/mol. The molecule has 0 N–H and O–H groups in total. The van der Waals surface area contributed by atoms with Crippen molar-refractivity contribution in [3.63, 3.8) is 0 Å². The molecule has 0 aliphatic carbocycles. The lowest BCUT2D eigenvalue weighted by Gasteiger charge is -2.37.